The van der Waals surface area contributed by atoms with Gasteiger partial charge in [-0.3, -0.25) is 4.21 Å². The van der Waals surface area contributed by atoms with Gasteiger partial charge in [0.15, 0.2) is 0 Å². The second kappa shape index (κ2) is 4.01. The van der Waals surface area contributed by atoms with Crippen LogP contribution in [0.25, 0.3) is 0 Å². The molecular formula is C6H15NOS. The molecule has 0 amide bonds. The van der Waals surface area contributed by atoms with Gasteiger partial charge in [-0.05, 0) is 13.3 Å². The molecule has 0 aliphatic carbocycles. The standard InChI is InChI=1S/C6H15NOS/c1-5(7)4-6(2)9(3)8/h5-6H,4,7H2,1-3H3. The summed E-state index contributed by atoms with van der Waals surface area (Å²) in [6.45, 7) is 3.89. The van der Waals surface area contributed by atoms with Crippen LogP contribution in [0.3, 0.4) is 0 Å². The van der Waals surface area contributed by atoms with Crippen molar-refractivity contribution >= 4 is 10.8 Å². The van der Waals surface area contributed by atoms with Gasteiger partial charge in [-0.1, -0.05) is 6.92 Å². The molecule has 0 bridgehead atoms. The third-order valence-corrected chi connectivity index (χ3v) is 2.60. The zero-order chi connectivity index (χ0) is 7.44. The lowest BCUT2D eigenvalue weighted by Crippen LogP contribution is -2.23. The molecule has 0 rings (SSSR count). The van der Waals surface area contributed by atoms with E-state index in [9.17, 15) is 4.21 Å². The SMILES string of the molecule is CC(N)CC(C)S(C)=O. The largest absolute Gasteiger partial charge is 0.328 e. The molecule has 9 heavy (non-hydrogen) atoms. The molecule has 0 radical (unpaired) electrons. The van der Waals surface area contributed by atoms with Crippen molar-refractivity contribution in [1.29, 1.82) is 0 Å². The molecule has 0 aromatic heterocycles. The number of rotatable bonds is 3. The van der Waals surface area contributed by atoms with Gasteiger partial charge >= 0.3 is 0 Å². The monoisotopic (exact) mass is 149 g/mol. The van der Waals surface area contributed by atoms with E-state index < -0.39 is 10.8 Å². The summed E-state index contributed by atoms with van der Waals surface area (Å²) in [5.41, 5.74) is 5.50. The molecule has 0 saturated heterocycles. The summed E-state index contributed by atoms with van der Waals surface area (Å²) >= 11 is 0. The maximum Gasteiger partial charge on any atom is 0.0331 e. The smallest absolute Gasteiger partial charge is 0.0331 e. The average Bonchev–Trinajstić information content (AvgIpc) is 1.63. The second-order valence-electron chi connectivity index (χ2n) is 2.52. The van der Waals surface area contributed by atoms with Crippen LogP contribution in [-0.2, 0) is 10.8 Å². The first-order valence-electron chi connectivity index (χ1n) is 3.12. The van der Waals surface area contributed by atoms with Crippen molar-refractivity contribution < 1.29 is 4.21 Å². The highest BCUT2D eigenvalue weighted by Gasteiger charge is 2.07. The van der Waals surface area contributed by atoms with E-state index in [0.29, 0.717) is 0 Å². The van der Waals surface area contributed by atoms with E-state index in [-0.39, 0.29) is 11.3 Å². The molecule has 0 aliphatic rings. The van der Waals surface area contributed by atoms with Crippen molar-refractivity contribution in [3.63, 3.8) is 0 Å². The lowest BCUT2D eigenvalue weighted by atomic mass is 10.2. The zero-order valence-electron chi connectivity index (χ0n) is 6.26. The first-order valence-corrected chi connectivity index (χ1v) is 4.74. The fraction of sp³-hybridized carbons (Fsp3) is 1.00. The third-order valence-electron chi connectivity index (χ3n) is 1.27. The Morgan fingerprint density at radius 2 is 2.00 bits per heavy atom. The van der Waals surface area contributed by atoms with Gasteiger partial charge in [0.2, 0.25) is 0 Å². The molecule has 3 unspecified atom stereocenters. The van der Waals surface area contributed by atoms with Crippen LogP contribution in [0.4, 0.5) is 0 Å². The molecule has 3 atom stereocenters. The fourth-order valence-electron chi connectivity index (χ4n) is 0.659. The molecule has 0 fully saturated rings. The minimum atomic E-state index is -0.711. The van der Waals surface area contributed by atoms with E-state index in [4.69, 9.17) is 5.73 Å². The van der Waals surface area contributed by atoms with Crippen molar-refractivity contribution in [2.45, 2.75) is 31.6 Å². The molecule has 2 nitrogen and oxygen atoms in total. The summed E-state index contributed by atoms with van der Waals surface area (Å²) < 4.78 is 10.7. The van der Waals surface area contributed by atoms with E-state index in [1.165, 1.54) is 0 Å². The van der Waals surface area contributed by atoms with Crippen molar-refractivity contribution in [1.82, 2.24) is 0 Å². The van der Waals surface area contributed by atoms with Crippen molar-refractivity contribution in [2.75, 3.05) is 6.26 Å². The van der Waals surface area contributed by atoms with Gasteiger partial charge in [-0.15, -0.1) is 0 Å². The Hall–Kier alpha value is 0.110. The Morgan fingerprint density at radius 3 is 2.11 bits per heavy atom. The Kier molecular flexibility index (Phi) is 4.06. The summed E-state index contributed by atoms with van der Waals surface area (Å²) in [5.74, 6) is 0. The van der Waals surface area contributed by atoms with Gasteiger partial charge in [0.1, 0.15) is 0 Å². The van der Waals surface area contributed by atoms with E-state index in [1.807, 2.05) is 13.8 Å². The third kappa shape index (κ3) is 4.60. The Labute approximate surface area is 59.3 Å². The molecule has 0 heterocycles. The van der Waals surface area contributed by atoms with Crippen molar-refractivity contribution in [3.8, 4) is 0 Å². The van der Waals surface area contributed by atoms with Crippen LogP contribution in [0.15, 0.2) is 0 Å². The molecule has 0 aliphatic heterocycles. The van der Waals surface area contributed by atoms with Crippen LogP contribution < -0.4 is 5.73 Å². The highest BCUT2D eigenvalue weighted by Crippen LogP contribution is 2.00. The van der Waals surface area contributed by atoms with Crippen LogP contribution in [-0.4, -0.2) is 21.8 Å². The summed E-state index contributed by atoms with van der Waals surface area (Å²) in [6, 6.07) is 0.170. The van der Waals surface area contributed by atoms with E-state index in [2.05, 4.69) is 0 Å². The number of nitrogens with two attached hydrogens (primary N) is 1. The molecule has 56 valence electrons. The predicted octanol–water partition coefficient (Wildman–Crippen LogP) is 0.491. The lowest BCUT2D eigenvalue weighted by Gasteiger charge is -2.09. The maximum absolute atomic E-state index is 10.7. The van der Waals surface area contributed by atoms with E-state index in [1.54, 1.807) is 6.26 Å². The molecule has 0 saturated carbocycles. The molecule has 0 aromatic carbocycles. The average molecular weight is 149 g/mol. The van der Waals surface area contributed by atoms with Gasteiger partial charge in [0.25, 0.3) is 0 Å². The van der Waals surface area contributed by atoms with E-state index >= 15 is 0 Å². The van der Waals surface area contributed by atoms with Gasteiger partial charge in [0.05, 0.1) is 0 Å². The number of hydrogen-bond acceptors (Lipinski definition) is 2. The summed E-state index contributed by atoms with van der Waals surface area (Å²) in [4.78, 5) is 0. The predicted molar refractivity (Wildman–Crippen MR) is 41.8 cm³/mol. The normalized spacial score (nSPS) is 20.9. The molecule has 0 aromatic rings. The van der Waals surface area contributed by atoms with Crippen LogP contribution in [0, 0.1) is 0 Å². The molecule has 2 N–H and O–H groups in total. The minimum absolute atomic E-state index is 0.170. The van der Waals surface area contributed by atoms with Crippen LogP contribution >= 0.6 is 0 Å². The number of hydrogen-bond donors (Lipinski definition) is 1. The Morgan fingerprint density at radius 1 is 1.56 bits per heavy atom. The highest BCUT2D eigenvalue weighted by molar-refractivity contribution is 7.84. The first kappa shape index (κ1) is 9.11. The zero-order valence-corrected chi connectivity index (χ0v) is 7.07. The minimum Gasteiger partial charge on any atom is -0.328 e. The van der Waals surface area contributed by atoms with Gasteiger partial charge in [0, 0.05) is 28.3 Å². The van der Waals surface area contributed by atoms with Crippen molar-refractivity contribution in [3.05, 3.63) is 0 Å². The van der Waals surface area contributed by atoms with Gasteiger partial charge in [-0.2, -0.15) is 0 Å². The Bertz CT molecular complexity index is 103. The lowest BCUT2D eigenvalue weighted by molar-refractivity contribution is 0.631. The maximum atomic E-state index is 10.7. The molecular weight excluding hydrogens is 134 g/mol. The van der Waals surface area contributed by atoms with Gasteiger partial charge in [-0.25, -0.2) is 0 Å². The second-order valence-corrected chi connectivity index (χ2v) is 4.32. The fourth-order valence-corrected chi connectivity index (χ4v) is 1.23. The van der Waals surface area contributed by atoms with Crippen LogP contribution in [0.5, 0.6) is 0 Å². The molecule has 0 spiro atoms. The van der Waals surface area contributed by atoms with Crippen LogP contribution in [0.1, 0.15) is 20.3 Å². The topological polar surface area (TPSA) is 43.1 Å². The first-order chi connectivity index (χ1) is 4.04. The Balaban J connectivity index is 3.50. The summed E-state index contributed by atoms with van der Waals surface area (Å²) in [7, 11) is -0.711. The summed E-state index contributed by atoms with van der Waals surface area (Å²) in [5, 5.41) is 0.241. The van der Waals surface area contributed by atoms with E-state index in [0.717, 1.165) is 6.42 Å². The quantitative estimate of drug-likeness (QED) is 0.634. The van der Waals surface area contributed by atoms with Crippen molar-refractivity contribution in [2.24, 2.45) is 5.73 Å². The van der Waals surface area contributed by atoms with Gasteiger partial charge < -0.3 is 5.73 Å². The summed E-state index contributed by atoms with van der Waals surface area (Å²) in [6.07, 6.45) is 2.57. The van der Waals surface area contributed by atoms with Crippen LogP contribution in [0.2, 0.25) is 0 Å². The molecule has 3 heteroatoms. The highest BCUT2D eigenvalue weighted by atomic mass is 32.2.